The second-order valence-electron chi connectivity index (χ2n) is 6.72. The van der Waals surface area contributed by atoms with Crippen LogP contribution < -0.4 is 10.1 Å². The summed E-state index contributed by atoms with van der Waals surface area (Å²) in [6.07, 6.45) is 2.93. The van der Waals surface area contributed by atoms with E-state index in [9.17, 15) is 10.1 Å². The minimum atomic E-state index is -0.456. The molecule has 0 spiro atoms. The number of hydrogen-bond donors (Lipinski definition) is 1. The molecule has 0 bridgehead atoms. The summed E-state index contributed by atoms with van der Waals surface area (Å²) in [4.78, 5) is 19.8. The van der Waals surface area contributed by atoms with Gasteiger partial charge in [-0.25, -0.2) is 4.98 Å². The van der Waals surface area contributed by atoms with Crippen molar-refractivity contribution in [1.82, 2.24) is 15.1 Å². The number of anilines is 1. The van der Waals surface area contributed by atoms with Crippen LogP contribution in [0.4, 0.5) is 11.4 Å². The number of rotatable bonds is 6. The summed E-state index contributed by atoms with van der Waals surface area (Å²) in [5.74, 6) is 1.20. The molecule has 0 fully saturated rings. The Hall–Kier alpha value is -4.01. The topological polar surface area (TPSA) is 116 Å². The maximum absolute atomic E-state index is 11.6. The third-order valence-electron chi connectivity index (χ3n) is 4.84. The number of methoxy groups -OCH3 is 1. The van der Waals surface area contributed by atoms with Gasteiger partial charge in [0.2, 0.25) is 0 Å². The number of aromatic nitrogens is 3. The average Bonchev–Trinajstić information content (AvgIpc) is 3.09. The molecule has 0 radical (unpaired) electrons. The first-order valence-corrected chi connectivity index (χ1v) is 9.21. The number of ether oxygens (including phenoxy) is 1. The molecule has 0 unspecified atom stereocenters. The summed E-state index contributed by atoms with van der Waals surface area (Å²) in [6, 6.07) is 9.10. The molecule has 1 aromatic carbocycles. The lowest BCUT2D eigenvalue weighted by Gasteiger charge is -2.14. The first-order chi connectivity index (χ1) is 14.5. The average molecular weight is 405 g/mol. The molecule has 0 saturated carbocycles. The quantitative estimate of drug-likeness (QED) is 0.370. The first-order valence-electron chi connectivity index (χ1n) is 9.21. The minimum Gasteiger partial charge on any atom is -0.496 e. The van der Waals surface area contributed by atoms with Crippen molar-refractivity contribution in [3.8, 4) is 16.9 Å². The molecule has 4 aromatic rings. The maximum Gasteiger partial charge on any atom is 0.311 e. The molecule has 0 aliphatic rings. The first kappa shape index (κ1) is 19.3. The fraction of sp³-hybridized carbons (Fsp3) is 0.190. The van der Waals surface area contributed by atoms with E-state index in [0.717, 1.165) is 22.5 Å². The summed E-state index contributed by atoms with van der Waals surface area (Å²) in [6.45, 7) is 4.00. The SMILES string of the molecule is COc1cc2c(NCc3ccccn3)c([N+](=O)[O-])cnc2cc1-c1c(C)noc1C. The van der Waals surface area contributed by atoms with E-state index >= 15 is 0 Å². The number of benzene rings is 1. The molecule has 4 rings (SSSR count). The molecule has 0 amide bonds. The number of hydrogen-bond acceptors (Lipinski definition) is 8. The van der Waals surface area contributed by atoms with Crippen LogP contribution in [0.15, 0.2) is 47.2 Å². The van der Waals surface area contributed by atoms with E-state index in [1.54, 1.807) is 19.4 Å². The zero-order valence-corrected chi connectivity index (χ0v) is 16.7. The Kier molecular flexibility index (Phi) is 5.01. The van der Waals surface area contributed by atoms with Crippen LogP contribution in [0.1, 0.15) is 17.1 Å². The highest BCUT2D eigenvalue weighted by Gasteiger charge is 2.22. The van der Waals surface area contributed by atoms with Crippen LogP contribution in [-0.2, 0) is 6.54 Å². The second-order valence-corrected chi connectivity index (χ2v) is 6.72. The van der Waals surface area contributed by atoms with Gasteiger partial charge < -0.3 is 14.6 Å². The lowest BCUT2D eigenvalue weighted by Crippen LogP contribution is -2.05. The zero-order chi connectivity index (χ0) is 21.3. The zero-order valence-electron chi connectivity index (χ0n) is 16.7. The molecule has 9 nitrogen and oxygen atoms in total. The van der Waals surface area contributed by atoms with Crippen LogP contribution >= 0.6 is 0 Å². The Labute approximate surface area is 171 Å². The molecule has 0 saturated heterocycles. The third-order valence-corrected chi connectivity index (χ3v) is 4.84. The molecule has 3 aromatic heterocycles. The van der Waals surface area contributed by atoms with Crippen LogP contribution in [0.5, 0.6) is 5.75 Å². The molecule has 9 heteroatoms. The highest BCUT2D eigenvalue weighted by molar-refractivity contribution is 5.99. The Balaban J connectivity index is 1.88. The van der Waals surface area contributed by atoms with Gasteiger partial charge >= 0.3 is 5.69 Å². The van der Waals surface area contributed by atoms with Crippen LogP contribution in [0.3, 0.4) is 0 Å². The van der Waals surface area contributed by atoms with Crippen molar-refractivity contribution in [2.24, 2.45) is 0 Å². The van der Waals surface area contributed by atoms with Gasteiger partial charge in [0.1, 0.15) is 23.4 Å². The summed E-state index contributed by atoms with van der Waals surface area (Å²) < 4.78 is 10.9. The van der Waals surface area contributed by atoms with Crippen LogP contribution in [-0.4, -0.2) is 27.2 Å². The van der Waals surface area contributed by atoms with E-state index in [1.165, 1.54) is 6.20 Å². The second kappa shape index (κ2) is 7.78. The van der Waals surface area contributed by atoms with Gasteiger partial charge in [0.25, 0.3) is 0 Å². The number of aryl methyl sites for hydroxylation is 2. The summed E-state index contributed by atoms with van der Waals surface area (Å²) in [7, 11) is 1.55. The smallest absolute Gasteiger partial charge is 0.311 e. The molecule has 152 valence electrons. The lowest BCUT2D eigenvalue weighted by atomic mass is 10.00. The van der Waals surface area contributed by atoms with Crippen molar-refractivity contribution in [3.63, 3.8) is 0 Å². The van der Waals surface area contributed by atoms with Gasteiger partial charge in [0.15, 0.2) is 0 Å². The van der Waals surface area contributed by atoms with Crippen molar-refractivity contribution in [2.45, 2.75) is 20.4 Å². The maximum atomic E-state index is 11.6. The highest BCUT2D eigenvalue weighted by atomic mass is 16.6. The van der Waals surface area contributed by atoms with Crippen LogP contribution in [0.2, 0.25) is 0 Å². The van der Waals surface area contributed by atoms with E-state index in [2.05, 4.69) is 20.4 Å². The number of pyridine rings is 2. The summed E-state index contributed by atoms with van der Waals surface area (Å²) >= 11 is 0. The van der Waals surface area contributed by atoms with Crippen LogP contribution in [0, 0.1) is 24.0 Å². The standard InChI is InChI=1S/C21H19N5O4/c1-12-20(13(2)30-25-12)16-8-17-15(9-19(16)29-3)21(18(11-23-17)26(27)28)24-10-14-6-4-5-7-22-14/h4-9,11H,10H2,1-3H3,(H,23,24). The van der Waals surface area contributed by atoms with Gasteiger partial charge in [0, 0.05) is 17.1 Å². The molecule has 0 aliphatic heterocycles. The molecule has 1 N–H and O–H groups in total. The molecular formula is C21H19N5O4. The number of fused-ring (bicyclic) bond motifs is 1. The molecule has 3 heterocycles. The van der Waals surface area contributed by atoms with E-state index in [4.69, 9.17) is 9.26 Å². The van der Waals surface area contributed by atoms with Gasteiger partial charge in [0.05, 0.1) is 41.0 Å². The highest BCUT2D eigenvalue weighted by Crippen LogP contribution is 2.41. The van der Waals surface area contributed by atoms with E-state index in [-0.39, 0.29) is 5.69 Å². The van der Waals surface area contributed by atoms with Gasteiger partial charge in [-0.3, -0.25) is 15.1 Å². The predicted octanol–water partition coefficient (Wildman–Crippen LogP) is 4.43. The largest absolute Gasteiger partial charge is 0.496 e. The van der Waals surface area contributed by atoms with Crippen LogP contribution in [0.25, 0.3) is 22.0 Å². The summed E-state index contributed by atoms with van der Waals surface area (Å²) in [5, 5.41) is 19.4. The van der Waals surface area contributed by atoms with Crippen molar-refractivity contribution in [1.29, 1.82) is 0 Å². The van der Waals surface area contributed by atoms with Gasteiger partial charge in [-0.1, -0.05) is 11.2 Å². The van der Waals surface area contributed by atoms with Crippen molar-refractivity contribution in [3.05, 3.63) is 70.0 Å². The molecular weight excluding hydrogens is 386 g/mol. The lowest BCUT2D eigenvalue weighted by molar-refractivity contribution is -0.384. The van der Waals surface area contributed by atoms with Crippen molar-refractivity contribution in [2.75, 3.05) is 12.4 Å². The third kappa shape index (κ3) is 3.41. The normalized spacial score (nSPS) is 10.9. The van der Waals surface area contributed by atoms with Gasteiger partial charge in [-0.05, 0) is 38.1 Å². The Morgan fingerprint density at radius 1 is 1.23 bits per heavy atom. The van der Waals surface area contributed by atoms with Crippen molar-refractivity contribution < 1.29 is 14.2 Å². The van der Waals surface area contributed by atoms with E-state index in [0.29, 0.717) is 34.6 Å². The van der Waals surface area contributed by atoms with Gasteiger partial charge in [-0.15, -0.1) is 0 Å². The van der Waals surface area contributed by atoms with E-state index in [1.807, 2.05) is 38.1 Å². The monoisotopic (exact) mass is 405 g/mol. The fourth-order valence-electron chi connectivity index (χ4n) is 3.45. The Morgan fingerprint density at radius 2 is 2.07 bits per heavy atom. The number of nitro groups is 1. The van der Waals surface area contributed by atoms with E-state index < -0.39 is 4.92 Å². The molecule has 0 aliphatic carbocycles. The fourth-order valence-corrected chi connectivity index (χ4v) is 3.45. The molecule has 0 atom stereocenters. The number of nitrogens with zero attached hydrogens (tertiary/aromatic N) is 4. The summed E-state index contributed by atoms with van der Waals surface area (Å²) in [5.41, 5.74) is 3.89. The van der Waals surface area contributed by atoms with Crippen molar-refractivity contribution >= 4 is 22.3 Å². The minimum absolute atomic E-state index is 0.120. The predicted molar refractivity (Wildman–Crippen MR) is 111 cm³/mol. The van der Waals surface area contributed by atoms with Gasteiger partial charge in [-0.2, -0.15) is 0 Å². The number of nitrogens with one attached hydrogen (secondary N) is 1. The Morgan fingerprint density at radius 3 is 2.70 bits per heavy atom. The Bertz CT molecular complexity index is 1220. The molecule has 30 heavy (non-hydrogen) atoms.